The fraction of sp³-hybridized carbons (Fsp3) is 1.00. The summed E-state index contributed by atoms with van der Waals surface area (Å²) in [7, 11) is 0. The molecular formula is C12H28. The Balaban J connectivity index is 0. The Bertz CT molecular complexity index is 53.1. The maximum atomic E-state index is 2.30. The maximum Gasteiger partial charge on any atom is -0.0420 e. The van der Waals surface area contributed by atoms with E-state index in [-0.39, 0.29) is 0 Å². The van der Waals surface area contributed by atoms with Gasteiger partial charge in [-0.25, -0.2) is 0 Å². The summed E-state index contributed by atoms with van der Waals surface area (Å²) >= 11 is 0. The monoisotopic (exact) mass is 172 g/mol. The fourth-order valence-electron chi connectivity index (χ4n) is 1.19. The molecule has 76 valence electrons. The van der Waals surface area contributed by atoms with Crippen LogP contribution in [0.25, 0.3) is 0 Å². The number of hydrogen-bond donors (Lipinski definition) is 0. The molecule has 0 aromatic heterocycles. The van der Waals surface area contributed by atoms with Crippen LogP contribution >= 0.6 is 0 Å². The average Bonchev–Trinajstić information content (AvgIpc) is 2.08. The molecule has 0 spiro atoms. The highest BCUT2D eigenvalue weighted by molar-refractivity contribution is 4.53. The third-order valence-corrected chi connectivity index (χ3v) is 2.12. The summed E-state index contributed by atoms with van der Waals surface area (Å²) in [5.41, 5.74) is 0. The molecule has 0 radical (unpaired) electrons. The van der Waals surface area contributed by atoms with Gasteiger partial charge in [-0.2, -0.15) is 0 Å². The quantitative estimate of drug-likeness (QED) is 0.545. The van der Waals surface area contributed by atoms with Crippen LogP contribution in [0.4, 0.5) is 0 Å². The summed E-state index contributed by atoms with van der Waals surface area (Å²) in [5.74, 6) is 1.00. The molecule has 0 heteroatoms. The van der Waals surface area contributed by atoms with Crippen LogP contribution in [-0.2, 0) is 0 Å². The average molecular weight is 172 g/mol. The van der Waals surface area contributed by atoms with Crippen molar-refractivity contribution in [2.24, 2.45) is 5.92 Å². The summed E-state index contributed by atoms with van der Waals surface area (Å²) in [4.78, 5) is 0. The van der Waals surface area contributed by atoms with Crippen molar-refractivity contribution < 1.29 is 0 Å². The summed E-state index contributed by atoms with van der Waals surface area (Å²) in [6.07, 6.45) is 8.22. The van der Waals surface area contributed by atoms with E-state index in [1.165, 1.54) is 38.5 Å². The standard InChI is InChI=1S/C9H20.C3H8/c1-4-7-8-9(5-2)6-3;1-3-2/h9H,4-8H2,1-3H3;3H2,1-2H3. The molecule has 0 saturated heterocycles. The second-order valence-corrected chi connectivity index (χ2v) is 3.53. The molecule has 0 heterocycles. The SMILES string of the molecule is CCC.CCCCC(CC)CC. The molecular weight excluding hydrogens is 144 g/mol. The molecule has 0 saturated carbocycles. The molecule has 0 unspecified atom stereocenters. The van der Waals surface area contributed by atoms with Gasteiger partial charge in [-0.15, -0.1) is 0 Å². The molecule has 0 amide bonds. The molecule has 0 nitrogen and oxygen atoms in total. The zero-order chi connectivity index (χ0) is 9.82. The fourth-order valence-corrected chi connectivity index (χ4v) is 1.19. The summed E-state index contributed by atoms with van der Waals surface area (Å²) in [5, 5.41) is 0. The normalized spacial score (nSPS) is 9.50. The molecule has 0 aromatic rings. The second-order valence-electron chi connectivity index (χ2n) is 3.53. The Morgan fingerprint density at radius 3 is 1.50 bits per heavy atom. The zero-order valence-electron chi connectivity index (χ0n) is 9.82. The van der Waals surface area contributed by atoms with Gasteiger partial charge in [0.2, 0.25) is 0 Å². The van der Waals surface area contributed by atoms with Crippen LogP contribution in [-0.4, -0.2) is 0 Å². The topological polar surface area (TPSA) is 0 Å². The van der Waals surface area contributed by atoms with Crippen LogP contribution in [0.1, 0.15) is 73.1 Å². The van der Waals surface area contributed by atoms with Crippen molar-refractivity contribution in [2.45, 2.75) is 73.1 Å². The molecule has 0 N–H and O–H groups in total. The predicted octanol–water partition coefficient (Wildman–Crippen LogP) is 5.03. The van der Waals surface area contributed by atoms with Crippen molar-refractivity contribution in [3.05, 3.63) is 0 Å². The van der Waals surface area contributed by atoms with Gasteiger partial charge in [-0.3, -0.25) is 0 Å². The van der Waals surface area contributed by atoms with Crippen LogP contribution in [0.15, 0.2) is 0 Å². The molecule has 12 heavy (non-hydrogen) atoms. The maximum absolute atomic E-state index is 2.30. The van der Waals surface area contributed by atoms with E-state index >= 15 is 0 Å². The Labute approximate surface area is 79.8 Å². The van der Waals surface area contributed by atoms with E-state index in [2.05, 4.69) is 34.6 Å². The van der Waals surface area contributed by atoms with Gasteiger partial charge in [0.25, 0.3) is 0 Å². The first-order chi connectivity index (χ1) is 5.76. The third kappa shape index (κ3) is 12.7. The first-order valence-electron chi connectivity index (χ1n) is 5.76. The van der Waals surface area contributed by atoms with Crippen LogP contribution in [0, 0.1) is 5.92 Å². The first kappa shape index (κ1) is 14.5. The van der Waals surface area contributed by atoms with Gasteiger partial charge >= 0.3 is 0 Å². The van der Waals surface area contributed by atoms with E-state index in [1.54, 1.807) is 0 Å². The lowest BCUT2D eigenvalue weighted by Gasteiger charge is -2.09. The number of rotatable bonds is 5. The van der Waals surface area contributed by atoms with Crippen LogP contribution in [0.3, 0.4) is 0 Å². The van der Waals surface area contributed by atoms with E-state index in [9.17, 15) is 0 Å². The minimum Gasteiger partial charge on any atom is -0.0656 e. The summed E-state index contributed by atoms with van der Waals surface area (Å²) in [6.45, 7) is 11.1. The Morgan fingerprint density at radius 2 is 1.25 bits per heavy atom. The minimum absolute atomic E-state index is 1.00. The Morgan fingerprint density at radius 1 is 0.833 bits per heavy atom. The van der Waals surface area contributed by atoms with Gasteiger partial charge in [-0.1, -0.05) is 73.1 Å². The highest BCUT2D eigenvalue weighted by Crippen LogP contribution is 2.15. The largest absolute Gasteiger partial charge is 0.0656 e. The van der Waals surface area contributed by atoms with Crippen LogP contribution in [0.2, 0.25) is 0 Å². The van der Waals surface area contributed by atoms with Crippen LogP contribution in [0.5, 0.6) is 0 Å². The van der Waals surface area contributed by atoms with Crippen molar-refractivity contribution in [1.29, 1.82) is 0 Å². The molecule has 0 aliphatic rings. The number of hydrogen-bond acceptors (Lipinski definition) is 0. The van der Waals surface area contributed by atoms with E-state index in [1.807, 2.05) is 0 Å². The molecule has 0 aromatic carbocycles. The molecule has 0 aliphatic carbocycles. The summed E-state index contributed by atoms with van der Waals surface area (Å²) < 4.78 is 0. The smallest absolute Gasteiger partial charge is 0.0420 e. The van der Waals surface area contributed by atoms with Gasteiger partial charge in [0.05, 0.1) is 0 Å². The van der Waals surface area contributed by atoms with Gasteiger partial charge in [0.15, 0.2) is 0 Å². The van der Waals surface area contributed by atoms with Gasteiger partial charge in [0, 0.05) is 0 Å². The molecule has 0 fully saturated rings. The molecule has 0 bridgehead atoms. The van der Waals surface area contributed by atoms with Gasteiger partial charge < -0.3 is 0 Å². The van der Waals surface area contributed by atoms with Crippen molar-refractivity contribution in [3.8, 4) is 0 Å². The summed E-state index contributed by atoms with van der Waals surface area (Å²) in [6, 6.07) is 0. The first-order valence-corrected chi connectivity index (χ1v) is 5.76. The van der Waals surface area contributed by atoms with Gasteiger partial charge in [-0.05, 0) is 5.92 Å². The number of unbranched alkanes of at least 4 members (excludes halogenated alkanes) is 1. The van der Waals surface area contributed by atoms with Crippen molar-refractivity contribution in [2.75, 3.05) is 0 Å². The lowest BCUT2D eigenvalue weighted by atomic mass is 9.97. The Hall–Kier alpha value is 0. The predicted molar refractivity (Wildman–Crippen MR) is 59.6 cm³/mol. The lowest BCUT2D eigenvalue weighted by Crippen LogP contribution is -1.95. The molecule has 0 aliphatic heterocycles. The molecule has 0 atom stereocenters. The van der Waals surface area contributed by atoms with Crippen molar-refractivity contribution >= 4 is 0 Å². The van der Waals surface area contributed by atoms with Crippen molar-refractivity contribution in [1.82, 2.24) is 0 Å². The molecule has 0 rings (SSSR count). The highest BCUT2D eigenvalue weighted by atomic mass is 14.1. The minimum atomic E-state index is 1.00. The van der Waals surface area contributed by atoms with Crippen LogP contribution < -0.4 is 0 Å². The van der Waals surface area contributed by atoms with E-state index < -0.39 is 0 Å². The second kappa shape index (κ2) is 13.6. The zero-order valence-corrected chi connectivity index (χ0v) is 9.82. The van der Waals surface area contributed by atoms with E-state index in [4.69, 9.17) is 0 Å². The lowest BCUT2D eigenvalue weighted by molar-refractivity contribution is 0.438. The third-order valence-electron chi connectivity index (χ3n) is 2.12. The van der Waals surface area contributed by atoms with E-state index in [0.29, 0.717) is 0 Å². The highest BCUT2D eigenvalue weighted by Gasteiger charge is 2.00. The van der Waals surface area contributed by atoms with Gasteiger partial charge in [0.1, 0.15) is 0 Å². The van der Waals surface area contributed by atoms with Crippen molar-refractivity contribution in [3.63, 3.8) is 0 Å². The Kier molecular flexibility index (Phi) is 16.4. The van der Waals surface area contributed by atoms with E-state index in [0.717, 1.165) is 5.92 Å².